The fourth-order valence-electron chi connectivity index (χ4n) is 2.76. The van der Waals surface area contributed by atoms with Gasteiger partial charge in [0.2, 0.25) is 0 Å². The van der Waals surface area contributed by atoms with Crippen molar-refractivity contribution in [2.75, 3.05) is 25.0 Å². The fraction of sp³-hybridized carbons (Fsp3) is 0.353. The SMILES string of the molecule is CN(c1ccccc1)c1ccc(CN2CCC(N)C2)cn1. The maximum atomic E-state index is 5.94. The highest BCUT2D eigenvalue weighted by Crippen LogP contribution is 2.21. The molecule has 0 radical (unpaired) electrons. The van der Waals surface area contributed by atoms with Crippen molar-refractivity contribution in [2.24, 2.45) is 5.73 Å². The maximum Gasteiger partial charge on any atom is 0.132 e. The van der Waals surface area contributed by atoms with Gasteiger partial charge in [0.25, 0.3) is 0 Å². The molecular formula is C17H22N4. The van der Waals surface area contributed by atoms with Gasteiger partial charge in [0.1, 0.15) is 5.82 Å². The molecule has 0 saturated carbocycles. The van der Waals surface area contributed by atoms with Crippen LogP contribution < -0.4 is 10.6 Å². The molecule has 110 valence electrons. The average Bonchev–Trinajstić information content (AvgIpc) is 2.93. The third kappa shape index (κ3) is 3.40. The Bertz CT molecular complexity index is 567. The zero-order chi connectivity index (χ0) is 14.7. The first kappa shape index (κ1) is 14.0. The van der Waals surface area contributed by atoms with Crippen molar-refractivity contribution < 1.29 is 0 Å². The highest BCUT2D eigenvalue weighted by Gasteiger charge is 2.18. The zero-order valence-electron chi connectivity index (χ0n) is 12.4. The van der Waals surface area contributed by atoms with E-state index >= 15 is 0 Å². The molecule has 1 aliphatic rings. The molecule has 0 amide bonds. The van der Waals surface area contributed by atoms with E-state index in [-0.39, 0.29) is 0 Å². The van der Waals surface area contributed by atoms with E-state index in [9.17, 15) is 0 Å². The third-order valence-electron chi connectivity index (χ3n) is 4.01. The van der Waals surface area contributed by atoms with Gasteiger partial charge in [0.15, 0.2) is 0 Å². The largest absolute Gasteiger partial charge is 0.329 e. The second-order valence-corrected chi connectivity index (χ2v) is 5.70. The van der Waals surface area contributed by atoms with Crippen molar-refractivity contribution in [1.82, 2.24) is 9.88 Å². The van der Waals surface area contributed by atoms with Gasteiger partial charge in [-0.25, -0.2) is 4.98 Å². The van der Waals surface area contributed by atoms with Gasteiger partial charge < -0.3 is 10.6 Å². The normalized spacial score (nSPS) is 18.9. The number of anilines is 2. The quantitative estimate of drug-likeness (QED) is 0.935. The van der Waals surface area contributed by atoms with Crippen molar-refractivity contribution in [3.63, 3.8) is 0 Å². The molecule has 2 aromatic rings. The van der Waals surface area contributed by atoms with Gasteiger partial charge in [-0.1, -0.05) is 24.3 Å². The molecule has 4 heteroatoms. The van der Waals surface area contributed by atoms with Crippen LogP contribution in [0.5, 0.6) is 0 Å². The number of hydrogen-bond acceptors (Lipinski definition) is 4. The summed E-state index contributed by atoms with van der Waals surface area (Å²) in [5.41, 5.74) is 8.33. The molecule has 4 nitrogen and oxygen atoms in total. The minimum Gasteiger partial charge on any atom is -0.329 e. The van der Waals surface area contributed by atoms with Gasteiger partial charge in [0, 0.05) is 44.6 Å². The number of nitrogens with two attached hydrogens (primary N) is 1. The molecule has 1 aliphatic heterocycles. The summed E-state index contributed by atoms with van der Waals surface area (Å²) in [4.78, 5) is 9.07. The van der Waals surface area contributed by atoms with Crippen LogP contribution in [0.25, 0.3) is 0 Å². The predicted molar refractivity (Wildman–Crippen MR) is 86.6 cm³/mol. The number of nitrogens with zero attached hydrogens (tertiary/aromatic N) is 3. The lowest BCUT2D eigenvalue weighted by molar-refractivity contribution is 0.326. The Morgan fingerprint density at radius 1 is 1.24 bits per heavy atom. The Morgan fingerprint density at radius 3 is 2.67 bits per heavy atom. The van der Waals surface area contributed by atoms with E-state index in [1.165, 1.54) is 5.56 Å². The van der Waals surface area contributed by atoms with E-state index in [1.54, 1.807) is 0 Å². The summed E-state index contributed by atoms with van der Waals surface area (Å²) >= 11 is 0. The molecule has 1 saturated heterocycles. The molecule has 0 aliphatic carbocycles. The molecule has 1 fully saturated rings. The first-order chi connectivity index (χ1) is 10.2. The minimum atomic E-state index is 0.335. The van der Waals surface area contributed by atoms with Crippen LogP contribution in [0.3, 0.4) is 0 Å². The first-order valence-corrected chi connectivity index (χ1v) is 7.44. The van der Waals surface area contributed by atoms with Crippen LogP contribution in [0, 0.1) is 0 Å². The van der Waals surface area contributed by atoms with Gasteiger partial charge in [0.05, 0.1) is 0 Å². The molecule has 21 heavy (non-hydrogen) atoms. The van der Waals surface area contributed by atoms with Crippen LogP contribution in [-0.2, 0) is 6.54 Å². The molecule has 1 unspecified atom stereocenters. The van der Waals surface area contributed by atoms with Crippen LogP contribution >= 0.6 is 0 Å². The van der Waals surface area contributed by atoms with Crippen LogP contribution in [0.2, 0.25) is 0 Å². The number of rotatable bonds is 4. The third-order valence-corrected chi connectivity index (χ3v) is 4.01. The van der Waals surface area contributed by atoms with E-state index in [4.69, 9.17) is 5.73 Å². The van der Waals surface area contributed by atoms with Gasteiger partial charge in [-0.2, -0.15) is 0 Å². The standard InChI is InChI=1S/C17H22N4/c1-20(16-5-3-2-4-6-16)17-8-7-14(11-19-17)12-21-10-9-15(18)13-21/h2-8,11,15H,9-10,12-13,18H2,1H3. The summed E-state index contributed by atoms with van der Waals surface area (Å²) < 4.78 is 0. The van der Waals surface area contributed by atoms with Gasteiger partial charge in [-0.3, -0.25) is 4.90 Å². The monoisotopic (exact) mass is 282 g/mol. The Balaban J connectivity index is 1.66. The van der Waals surface area contributed by atoms with Crippen molar-refractivity contribution in [2.45, 2.75) is 19.0 Å². The summed E-state index contributed by atoms with van der Waals surface area (Å²) in [5, 5.41) is 0. The second kappa shape index (κ2) is 6.24. The molecule has 0 spiro atoms. The molecule has 3 rings (SSSR count). The van der Waals surface area contributed by atoms with Crippen LogP contribution in [0.1, 0.15) is 12.0 Å². The summed E-state index contributed by atoms with van der Waals surface area (Å²) in [6.07, 6.45) is 3.07. The smallest absolute Gasteiger partial charge is 0.132 e. The van der Waals surface area contributed by atoms with E-state index < -0.39 is 0 Å². The second-order valence-electron chi connectivity index (χ2n) is 5.70. The van der Waals surface area contributed by atoms with Crippen molar-refractivity contribution in [3.05, 3.63) is 54.2 Å². The number of hydrogen-bond donors (Lipinski definition) is 1. The van der Waals surface area contributed by atoms with Crippen molar-refractivity contribution in [3.8, 4) is 0 Å². The van der Waals surface area contributed by atoms with Crippen molar-refractivity contribution >= 4 is 11.5 Å². The Kier molecular flexibility index (Phi) is 4.18. The Hall–Kier alpha value is -1.91. The number of pyridine rings is 1. The summed E-state index contributed by atoms with van der Waals surface area (Å²) in [7, 11) is 2.04. The van der Waals surface area contributed by atoms with Crippen LogP contribution in [-0.4, -0.2) is 36.1 Å². The Morgan fingerprint density at radius 2 is 2.05 bits per heavy atom. The summed E-state index contributed by atoms with van der Waals surface area (Å²) in [5.74, 6) is 0.961. The highest BCUT2D eigenvalue weighted by molar-refractivity contribution is 5.58. The molecule has 2 N–H and O–H groups in total. The molecule has 1 atom stereocenters. The number of aromatic nitrogens is 1. The molecule has 2 heterocycles. The molecular weight excluding hydrogens is 260 g/mol. The minimum absolute atomic E-state index is 0.335. The van der Waals surface area contributed by atoms with Crippen LogP contribution in [0.15, 0.2) is 48.7 Å². The van der Waals surface area contributed by atoms with Gasteiger partial charge >= 0.3 is 0 Å². The molecule has 1 aromatic carbocycles. The Labute approximate surface area is 126 Å². The molecule has 1 aromatic heterocycles. The van der Waals surface area contributed by atoms with E-state index in [0.717, 1.165) is 37.6 Å². The van der Waals surface area contributed by atoms with Gasteiger partial charge in [-0.15, -0.1) is 0 Å². The number of benzene rings is 1. The average molecular weight is 282 g/mol. The van der Waals surface area contributed by atoms with Crippen molar-refractivity contribution in [1.29, 1.82) is 0 Å². The number of para-hydroxylation sites is 1. The first-order valence-electron chi connectivity index (χ1n) is 7.44. The highest BCUT2D eigenvalue weighted by atomic mass is 15.2. The van der Waals surface area contributed by atoms with E-state index in [2.05, 4.69) is 39.0 Å². The number of likely N-dealkylation sites (tertiary alicyclic amines) is 1. The molecule has 0 bridgehead atoms. The predicted octanol–water partition coefficient (Wildman–Crippen LogP) is 2.38. The van der Waals surface area contributed by atoms with Gasteiger partial charge in [-0.05, 0) is 30.2 Å². The van der Waals surface area contributed by atoms with E-state index in [0.29, 0.717) is 6.04 Å². The lowest BCUT2D eigenvalue weighted by atomic mass is 10.2. The fourth-order valence-corrected chi connectivity index (χ4v) is 2.76. The zero-order valence-corrected chi connectivity index (χ0v) is 12.4. The maximum absolute atomic E-state index is 5.94. The summed E-state index contributed by atoms with van der Waals surface area (Å²) in [6.45, 7) is 3.02. The van der Waals surface area contributed by atoms with Crippen LogP contribution in [0.4, 0.5) is 11.5 Å². The lowest BCUT2D eigenvalue weighted by Crippen LogP contribution is -2.26. The lowest BCUT2D eigenvalue weighted by Gasteiger charge is -2.19. The topological polar surface area (TPSA) is 45.4 Å². The summed E-state index contributed by atoms with van der Waals surface area (Å²) in [6, 6.07) is 14.8. The van der Waals surface area contributed by atoms with E-state index in [1.807, 2.05) is 31.4 Å².